The van der Waals surface area contributed by atoms with Gasteiger partial charge in [-0.2, -0.15) is 0 Å². The van der Waals surface area contributed by atoms with Crippen molar-refractivity contribution in [2.75, 3.05) is 12.4 Å². The molecule has 0 bridgehead atoms. The van der Waals surface area contributed by atoms with Crippen molar-refractivity contribution in [3.05, 3.63) is 103 Å². The molecule has 0 aliphatic heterocycles. The zero-order valence-corrected chi connectivity index (χ0v) is 18.1. The fourth-order valence-corrected chi connectivity index (χ4v) is 3.03. The number of carbonyl (C=O) groups excluding carboxylic acids is 1. The average Bonchev–Trinajstić information content (AvgIpc) is 2.82. The van der Waals surface area contributed by atoms with E-state index in [2.05, 4.69) is 29.0 Å². The summed E-state index contributed by atoms with van der Waals surface area (Å²) in [7, 11) is 1.90. The van der Waals surface area contributed by atoms with Gasteiger partial charge in [0.1, 0.15) is 17.8 Å². The Hall–Kier alpha value is -3.57. The lowest BCUT2D eigenvalue weighted by Gasteiger charge is -2.13. The smallest absolute Gasteiger partial charge is 0.137 e. The van der Waals surface area contributed by atoms with Crippen LogP contribution in [0.25, 0.3) is 11.1 Å². The highest BCUT2D eigenvalue weighted by molar-refractivity contribution is 7.80. The number of aldehydes is 1. The number of rotatable bonds is 6. The molecule has 0 unspecified atom stereocenters. The number of para-hydroxylation sites is 1. The predicted octanol–water partition coefficient (Wildman–Crippen LogP) is 6.30. The van der Waals surface area contributed by atoms with Gasteiger partial charge in [-0.05, 0) is 59.7 Å². The van der Waals surface area contributed by atoms with E-state index in [1.165, 1.54) is 0 Å². The molecular formula is C26H24N2O2S. The molecule has 0 radical (unpaired) electrons. The van der Waals surface area contributed by atoms with Crippen molar-refractivity contribution >= 4 is 24.6 Å². The van der Waals surface area contributed by atoms with Gasteiger partial charge in [0.25, 0.3) is 0 Å². The third kappa shape index (κ3) is 6.73. The molecule has 4 aromatic rings. The molecule has 0 atom stereocenters. The Kier molecular flexibility index (Phi) is 8.26. The highest BCUT2D eigenvalue weighted by Crippen LogP contribution is 2.35. The van der Waals surface area contributed by atoms with Gasteiger partial charge in [0.2, 0.25) is 0 Å². The second-order valence-electron chi connectivity index (χ2n) is 6.65. The van der Waals surface area contributed by atoms with Gasteiger partial charge in [0, 0.05) is 48.1 Å². The van der Waals surface area contributed by atoms with Crippen molar-refractivity contribution in [3.63, 3.8) is 0 Å². The molecule has 31 heavy (non-hydrogen) atoms. The summed E-state index contributed by atoms with van der Waals surface area (Å²) in [5.74, 6) is 1.64. The quantitative estimate of drug-likeness (QED) is 0.279. The molecule has 0 saturated heterocycles. The standard InChI is InChI=1S/C18H16N2O.C8H8OS/c1-19-15-7-8-17(14-9-11-20-12-10-14)18(13-15)21-16-5-3-2-4-6-16;9-6-5-7-1-3-8(10)4-2-7/h2-13,19H,1H3;1-4,6,10H,5H2. The predicted molar refractivity (Wildman–Crippen MR) is 129 cm³/mol. The van der Waals surface area contributed by atoms with Crippen LogP contribution in [0.3, 0.4) is 0 Å². The van der Waals surface area contributed by atoms with E-state index in [9.17, 15) is 4.79 Å². The molecule has 0 fully saturated rings. The van der Waals surface area contributed by atoms with Crippen LogP contribution in [-0.2, 0) is 11.2 Å². The van der Waals surface area contributed by atoms with E-state index in [1.54, 1.807) is 12.4 Å². The van der Waals surface area contributed by atoms with Crippen LogP contribution in [0, 0.1) is 0 Å². The number of thiol groups is 1. The van der Waals surface area contributed by atoms with Gasteiger partial charge in [0.05, 0.1) is 0 Å². The minimum absolute atomic E-state index is 0.494. The van der Waals surface area contributed by atoms with Crippen molar-refractivity contribution < 1.29 is 9.53 Å². The maximum atomic E-state index is 10.0. The molecule has 0 amide bonds. The largest absolute Gasteiger partial charge is 0.457 e. The fraction of sp³-hybridized carbons (Fsp3) is 0.0769. The van der Waals surface area contributed by atoms with Crippen molar-refractivity contribution in [1.29, 1.82) is 0 Å². The Labute approximate surface area is 188 Å². The lowest BCUT2D eigenvalue weighted by atomic mass is 10.1. The molecule has 0 aliphatic rings. The number of nitrogens with one attached hydrogen (secondary N) is 1. The Bertz CT molecular complexity index is 1090. The van der Waals surface area contributed by atoms with Crippen LogP contribution in [0.4, 0.5) is 5.69 Å². The summed E-state index contributed by atoms with van der Waals surface area (Å²) in [4.78, 5) is 15.0. The lowest BCUT2D eigenvalue weighted by molar-refractivity contribution is -0.107. The van der Waals surface area contributed by atoms with Gasteiger partial charge in [-0.1, -0.05) is 30.3 Å². The molecule has 5 heteroatoms. The number of ether oxygens (including phenoxy) is 1. The molecular weight excluding hydrogens is 404 g/mol. The van der Waals surface area contributed by atoms with Crippen molar-refractivity contribution in [2.45, 2.75) is 11.3 Å². The molecule has 4 rings (SSSR count). The first-order chi connectivity index (χ1) is 15.2. The summed E-state index contributed by atoms with van der Waals surface area (Å²) in [6.45, 7) is 0. The number of carbonyl (C=O) groups is 1. The van der Waals surface area contributed by atoms with Gasteiger partial charge >= 0.3 is 0 Å². The molecule has 3 aromatic carbocycles. The first kappa shape index (κ1) is 22.1. The second kappa shape index (κ2) is 11.6. The van der Waals surface area contributed by atoms with E-state index >= 15 is 0 Å². The Morgan fingerprint density at radius 1 is 0.935 bits per heavy atom. The lowest BCUT2D eigenvalue weighted by Crippen LogP contribution is -1.92. The molecule has 1 N–H and O–H groups in total. The Morgan fingerprint density at radius 3 is 2.29 bits per heavy atom. The molecule has 0 saturated carbocycles. The summed E-state index contributed by atoms with van der Waals surface area (Å²) in [5, 5.41) is 3.14. The molecule has 0 aliphatic carbocycles. The highest BCUT2D eigenvalue weighted by Gasteiger charge is 2.08. The summed E-state index contributed by atoms with van der Waals surface area (Å²) >= 11 is 4.11. The zero-order chi connectivity index (χ0) is 21.9. The van der Waals surface area contributed by atoms with Crippen LogP contribution in [0.2, 0.25) is 0 Å². The molecule has 156 valence electrons. The van der Waals surface area contributed by atoms with Crippen LogP contribution >= 0.6 is 12.6 Å². The topological polar surface area (TPSA) is 51.2 Å². The van der Waals surface area contributed by atoms with Crippen LogP contribution in [-0.4, -0.2) is 18.3 Å². The van der Waals surface area contributed by atoms with Gasteiger partial charge < -0.3 is 14.8 Å². The molecule has 4 nitrogen and oxygen atoms in total. The molecule has 1 aromatic heterocycles. The van der Waals surface area contributed by atoms with E-state index in [-0.39, 0.29) is 0 Å². The number of nitrogens with zero attached hydrogens (tertiary/aromatic N) is 1. The number of aromatic nitrogens is 1. The SMILES string of the molecule is CNc1ccc(-c2ccncc2)c(Oc2ccccc2)c1.O=CCc1ccc(S)cc1. The van der Waals surface area contributed by atoms with Crippen molar-refractivity contribution in [1.82, 2.24) is 4.98 Å². The van der Waals surface area contributed by atoms with Crippen molar-refractivity contribution in [2.24, 2.45) is 0 Å². The highest BCUT2D eigenvalue weighted by atomic mass is 32.1. The van der Waals surface area contributed by atoms with Crippen LogP contribution < -0.4 is 10.1 Å². The summed E-state index contributed by atoms with van der Waals surface area (Å²) < 4.78 is 6.05. The van der Waals surface area contributed by atoms with E-state index in [0.717, 1.165) is 45.1 Å². The third-order valence-electron chi connectivity index (χ3n) is 4.49. The monoisotopic (exact) mass is 428 g/mol. The summed E-state index contributed by atoms with van der Waals surface area (Å²) in [6, 6.07) is 27.4. The van der Waals surface area contributed by atoms with E-state index in [1.807, 2.05) is 85.9 Å². The molecule has 1 heterocycles. The maximum absolute atomic E-state index is 10.0. The van der Waals surface area contributed by atoms with E-state index in [0.29, 0.717) is 6.42 Å². The van der Waals surface area contributed by atoms with Gasteiger partial charge in [-0.3, -0.25) is 4.98 Å². The average molecular weight is 429 g/mol. The van der Waals surface area contributed by atoms with Gasteiger partial charge in [0.15, 0.2) is 0 Å². The second-order valence-corrected chi connectivity index (χ2v) is 7.17. The fourth-order valence-electron chi connectivity index (χ4n) is 2.88. The third-order valence-corrected chi connectivity index (χ3v) is 4.79. The number of anilines is 1. The first-order valence-electron chi connectivity index (χ1n) is 9.86. The summed E-state index contributed by atoms with van der Waals surface area (Å²) in [6.07, 6.45) is 4.96. The molecule has 0 spiro atoms. The minimum atomic E-state index is 0.494. The van der Waals surface area contributed by atoms with E-state index < -0.39 is 0 Å². The number of benzene rings is 3. The van der Waals surface area contributed by atoms with E-state index in [4.69, 9.17) is 4.74 Å². The first-order valence-corrected chi connectivity index (χ1v) is 10.3. The minimum Gasteiger partial charge on any atom is -0.457 e. The van der Waals surface area contributed by atoms with Crippen molar-refractivity contribution in [3.8, 4) is 22.6 Å². The van der Waals surface area contributed by atoms with Crippen LogP contribution in [0.15, 0.2) is 102 Å². The maximum Gasteiger partial charge on any atom is 0.137 e. The Balaban J connectivity index is 0.000000229. The number of hydrogen-bond donors (Lipinski definition) is 2. The van der Waals surface area contributed by atoms with Gasteiger partial charge in [-0.15, -0.1) is 12.6 Å². The number of pyridine rings is 1. The zero-order valence-electron chi connectivity index (χ0n) is 17.2. The normalized spacial score (nSPS) is 9.87. The van der Waals surface area contributed by atoms with Gasteiger partial charge in [-0.25, -0.2) is 0 Å². The van der Waals surface area contributed by atoms with Crippen LogP contribution in [0.1, 0.15) is 5.56 Å². The Morgan fingerprint density at radius 2 is 1.65 bits per heavy atom. The van der Waals surface area contributed by atoms with Crippen LogP contribution in [0.5, 0.6) is 11.5 Å². The number of hydrogen-bond acceptors (Lipinski definition) is 5. The summed E-state index contributed by atoms with van der Waals surface area (Å²) in [5.41, 5.74) is 4.17.